The summed E-state index contributed by atoms with van der Waals surface area (Å²) in [7, 11) is 0. The average Bonchev–Trinajstić information content (AvgIpc) is 2.49. The molecule has 0 radical (unpaired) electrons. The number of hydrogen-bond donors (Lipinski definition) is 2. The lowest BCUT2D eigenvalue weighted by Crippen LogP contribution is -2.57. The first kappa shape index (κ1) is 16.2. The van der Waals surface area contributed by atoms with E-state index >= 15 is 0 Å². The largest absolute Gasteiger partial charge is 0.377 e. The van der Waals surface area contributed by atoms with Gasteiger partial charge in [0, 0.05) is 25.0 Å². The molecule has 4 atom stereocenters. The molecule has 1 aliphatic heterocycles. The number of amides is 2. The fraction of sp³-hybridized carbons (Fsp3) is 0.867. The van der Waals surface area contributed by atoms with Gasteiger partial charge in [0.15, 0.2) is 0 Å². The van der Waals surface area contributed by atoms with Crippen LogP contribution in [0.15, 0.2) is 0 Å². The van der Waals surface area contributed by atoms with E-state index in [9.17, 15) is 9.59 Å². The highest BCUT2D eigenvalue weighted by molar-refractivity contribution is 5.89. The van der Waals surface area contributed by atoms with E-state index in [4.69, 9.17) is 10.5 Å². The van der Waals surface area contributed by atoms with Crippen molar-refractivity contribution in [2.75, 3.05) is 26.3 Å². The number of likely N-dealkylation sites (N-methyl/N-ethyl adjacent to an activating group) is 1. The Morgan fingerprint density at radius 1 is 1.38 bits per heavy atom. The molecule has 2 fully saturated rings. The summed E-state index contributed by atoms with van der Waals surface area (Å²) in [5.41, 5.74) is 6.10. The second-order valence-electron chi connectivity index (χ2n) is 6.17. The number of ether oxygens (including phenoxy) is 1. The van der Waals surface area contributed by atoms with Crippen LogP contribution in [-0.4, -0.2) is 55.1 Å². The molecule has 21 heavy (non-hydrogen) atoms. The van der Waals surface area contributed by atoms with E-state index < -0.39 is 6.04 Å². The van der Waals surface area contributed by atoms with E-state index in [1.54, 1.807) is 4.90 Å². The fourth-order valence-corrected chi connectivity index (χ4v) is 3.19. The summed E-state index contributed by atoms with van der Waals surface area (Å²) in [6.07, 6.45) is 2.57. The second kappa shape index (κ2) is 7.22. The van der Waals surface area contributed by atoms with E-state index in [1.807, 2.05) is 6.92 Å². The number of nitrogens with two attached hydrogens (primary N) is 1. The number of rotatable bonds is 3. The van der Waals surface area contributed by atoms with Crippen molar-refractivity contribution in [3.63, 3.8) is 0 Å². The summed E-state index contributed by atoms with van der Waals surface area (Å²) in [6, 6.07) is -0.418. The van der Waals surface area contributed by atoms with Gasteiger partial charge in [-0.2, -0.15) is 0 Å². The van der Waals surface area contributed by atoms with Gasteiger partial charge in [0.05, 0.1) is 13.2 Å². The first-order valence-corrected chi connectivity index (χ1v) is 7.96. The van der Waals surface area contributed by atoms with Gasteiger partial charge in [-0.05, 0) is 32.1 Å². The summed E-state index contributed by atoms with van der Waals surface area (Å²) < 4.78 is 5.38. The van der Waals surface area contributed by atoms with Crippen LogP contribution in [0, 0.1) is 11.8 Å². The molecule has 2 aliphatic rings. The lowest BCUT2D eigenvalue weighted by Gasteiger charge is -2.39. The van der Waals surface area contributed by atoms with Crippen molar-refractivity contribution in [2.24, 2.45) is 17.6 Å². The van der Waals surface area contributed by atoms with Crippen LogP contribution in [-0.2, 0) is 14.3 Å². The number of hydrogen-bond acceptors (Lipinski definition) is 4. The van der Waals surface area contributed by atoms with Crippen LogP contribution in [0.25, 0.3) is 0 Å². The SMILES string of the molecule is CCNC(=O)C1COCCN1C(=O)C1CCC(C)C(N)C1. The first-order chi connectivity index (χ1) is 10.0. The van der Waals surface area contributed by atoms with E-state index in [0.717, 1.165) is 19.3 Å². The Kier molecular flexibility index (Phi) is 5.58. The zero-order valence-corrected chi connectivity index (χ0v) is 13.0. The van der Waals surface area contributed by atoms with Gasteiger partial charge in [0.1, 0.15) is 6.04 Å². The Balaban J connectivity index is 2.03. The number of carbonyl (C=O) groups is 2. The molecule has 1 saturated carbocycles. The van der Waals surface area contributed by atoms with Gasteiger partial charge >= 0.3 is 0 Å². The Morgan fingerprint density at radius 2 is 2.14 bits per heavy atom. The van der Waals surface area contributed by atoms with Gasteiger partial charge in [0.2, 0.25) is 11.8 Å². The minimum Gasteiger partial charge on any atom is -0.377 e. The summed E-state index contributed by atoms with van der Waals surface area (Å²) >= 11 is 0. The molecule has 3 N–H and O–H groups in total. The van der Waals surface area contributed by atoms with Gasteiger partial charge in [-0.25, -0.2) is 0 Å². The molecule has 1 aliphatic carbocycles. The molecule has 0 aromatic heterocycles. The summed E-state index contributed by atoms with van der Waals surface area (Å²) in [4.78, 5) is 26.6. The summed E-state index contributed by atoms with van der Waals surface area (Å²) in [5.74, 6) is 0.361. The lowest BCUT2D eigenvalue weighted by atomic mass is 9.79. The van der Waals surface area contributed by atoms with Crippen LogP contribution in [0.3, 0.4) is 0 Å². The summed E-state index contributed by atoms with van der Waals surface area (Å²) in [5, 5.41) is 2.78. The highest BCUT2D eigenvalue weighted by Crippen LogP contribution is 2.29. The highest BCUT2D eigenvalue weighted by atomic mass is 16.5. The molecule has 4 unspecified atom stereocenters. The zero-order valence-electron chi connectivity index (χ0n) is 13.0. The van der Waals surface area contributed by atoms with Crippen molar-refractivity contribution in [3.8, 4) is 0 Å². The molecule has 2 rings (SSSR count). The molecule has 1 heterocycles. The zero-order chi connectivity index (χ0) is 15.4. The average molecular weight is 297 g/mol. The smallest absolute Gasteiger partial charge is 0.245 e. The van der Waals surface area contributed by atoms with Gasteiger partial charge in [-0.3, -0.25) is 9.59 Å². The third-order valence-electron chi connectivity index (χ3n) is 4.67. The number of nitrogens with zero attached hydrogens (tertiary/aromatic N) is 1. The van der Waals surface area contributed by atoms with Crippen molar-refractivity contribution >= 4 is 11.8 Å². The van der Waals surface area contributed by atoms with Crippen molar-refractivity contribution in [1.82, 2.24) is 10.2 Å². The maximum absolute atomic E-state index is 12.8. The van der Waals surface area contributed by atoms with Crippen molar-refractivity contribution < 1.29 is 14.3 Å². The third-order valence-corrected chi connectivity index (χ3v) is 4.67. The van der Waals surface area contributed by atoms with Crippen LogP contribution in [0.2, 0.25) is 0 Å². The fourth-order valence-electron chi connectivity index (χ4n) is 3.19. The van der Waals surface area contributed by atoms with Crippen molar-refractivity contribution in [1.29, 1.82) is 0 Å². The predicted octanol–water partition coefficient (Wildman–Crippen LogP) is 0.113. The van der Waals surface area contributed by atoms with Crippen molar-refractivity contribution in [3.05, 3.63) is 0 Å². The Hall–Kier alpha value is -1.14. The van der Waals surface area contributed by atoms with Crippen LogP contribution in [0.5, 0.6) is 0 Å². The van der Waals surface area contributed by atoms with Crippen molar-refractivity contribution in [2.45, 2.75) is 45.2 Å². The van der Waals surface area contributed by atoms with Crippen LogP contribution < -0.4 is 11.1 Å². The number of nitrogens with one attached hydrogen (secondary N) is 1. The molecule has 1 saturated heterocycles. The molecule has 6 nitrogen and oxygen atoms in total. The summed E-state index contributed by atoms with van der Waals surface area (Å²) in [6.45, 7) is 5.83. The normalized spacial score (nSPS) is 33.6. The van der Waals surface area contributed by atoms with Crippen LogP contribution >= 0.6 is 0 Å². The van der Waals surface area contributed by atoms with Gasteiger partial charge in [-0.15, -0.1) is 0 Å². The standard InChI is InChI=1S/C15H27N3O3/c1-3-17-14(19)13-9-21-7-6-18(13)15(20)11-5-4-10(2)12(16)8-11/h10-13H,3-9,16H2,1-2H3,(H,17,19). The molecule has 0 aromatic rings. The topological polar surface area (TPSA) is 84.7 Å². The number of carbonyl (C=O) groups excluding carboxylic acids is 2. The Labute approximate surface area is 126 Å². The molecule has 0 aromatic carbocycles. The molecule has 6 heteroatoms. The minimum absolute atomic E-state index is 0.0498. The molecule has 120 valence electrons. The minimum atomic E-state index is -0.498. The third kappa shape index (κ3) is 3.74. The molecule has 0 spiro atoms. The van der Waals surface area contributed by atoms with Gasteiger partial charge < -0.3 is 20.7 Å². The lowest BCUT2D eigenvalue weighted by molar-refractivity contribution is -0.152. The monoisotopic (exact) mass is 297 g/mol. The van der Waals surface area contributed by atoms with E-state index in [0.29, 0.717) is 25.6 Å². The molecule has 0 bridgehead atoms. The van der Waals surface area contributed by atoms with Crippen LogP contribution in [0.4, 0.5) is 0 Å². The molecular weight excluding hydrogens is 270 g/mol. The Morgan fingerprint density at radius 3 is 2.81 bits per heavy atom. The van der Waals surface area contributed by atoms with E-state index in [1.165, 1.54) is 0 Å². The quantitative estimate of drug-likeness (QED) is 0.774. The maximum atomic E-state index is 12.8. The van der Waals surface area contributed by atoms with E-state index in [2.05, 4.69) is 12.2 Å². The molecular formula is C15H27N3O3. The van der Waals surface area contributed by atoms with Gasteiger partial charge in [-0.1, -0.05) is 6.92 Å². The number of morpholine rings is 1. The Bertz CT molecular complexity index is 388. The predicted molar refractivity (Wildman–Crippen MR) is 79.5 cm³/mol. The molecule has 2 amide bonds. The highest BCUT2D eigenvalue weighted by Gasteiger charge is 2.38. The van der Waals surface area contributed by atoms with E-state index in [-0.39, 0.29) is 30.4 Å². The first-order valence-electron chi connectivity index (χ1n) is 7.96. The maximum Gasteiger partial charge on any atom is 0.245 e. The second-order valence-corrected chi connectivity index (χ2v) is 6.17. The van der Waals surface area contributed by atoms with Gasteiger partial charge in [0.25, 0.3) is 0 Å². The van der Waals surface area contributed by atoms with Crippen LogP contribution in [0.1, 0.15) is 33.1 Å².